The Morgan fingerprint density at radius 2 is 2.12 bits per heavy atom. The van der Waals surface area contributed by atoms with Crippen LogP contribution in [0.5, 0.6) is 0 Å². The summed E-state index contributed by atoms with van der Waals surface area (Å²) in [4.78, 5) is 13.4. The summed E-state index contributed by atoms with van der Waals surface area (Å²) in [5, 5.41) is 5.94. The SMILES string of the molecule is CNCc1ccc(N2CCCNC2=O)cc1. The van der Waals surface area contributed by atoms with Gasteiger partial charge in [0.25, 0.3) is 0 Å². The van der Waals surface area contributed by atoms with Gasteiger partial charge in [-0.25, -0.2) is 4.79 Å². The van der Waals surface area contributed by atoms with Crippen molar-refractivity contribution >= 4 is 11.7 Å². The highest BCUT2D eigenvalue weighted by atomic mass is 16.2. The summed E-state index contributed by atoms with van der Waals surface area (Å²) in [5.41, 5.74) is 2.20. The maximum atomic E-state index is 11.6. The number of hydrogen-bond donors (Lipinski definition) is 2. The van der Waals surface area contributed by atoms with Crippen LogP contribution in [0.1, 0.15) is 12.0 Å². The molecule has 2 N–H and O–H groups in total. The number of nitrogens with one attached hydrogen (secondary N) is 2. The fourth-order valence-electron chi connectivity index (χ4n) is 1.87. The second-order valence-corrected chi connectivity index (χ2v) is 3.93. The summed E-state index contributed by atoms with van der Waals surface area (Å²) in [6.07, 6.45) is 1.00. The number of anilines is 1. The van der Waals surface area contributed by atoms with Gasteiger partial charge in [0.15, 0.2) is 0 Å². The van der Waals surface area contributed by atoms with Crippen molar-refractivity contribution in [2.75, 3.05) is 25.0 Å². The van der Waals surface area contributed by atoms with Crippen LogP contribution in [-0.4, -0.2) is 26.2 Å². The zero-order chi connectivity index (χ0) is 11.4. The lowest BCUT2D eigenvalue weighted by Crippen LogP contribution is -2.46. The first-order chi connectivity index (χ1) is 7.81. The van der Waals surface area contributed by atoms with Crippen molar-refractivity contribution in [3.63, 3.8) is 0 Å². The largest absolute Gasteiger partial charge is 0.338 e. The van der Waals surface area contributed by atoms with Gasteiger partial charge in [-0.1, -0.05) is 12.1 Å². The lowest BCUT2D eigenvalue weighted by Gasteiger charge is -2.27. The van der Waals surface area contributed by atoms with Crippen molar-refractivity contribution in [3.8, 4) is 0 Å². The maximum absolute atomic E-state index is 11.6. The minimum Gasteiger partial charge on any atom is -0.338 e. The van der Waals surface area contributed by atoms with Crippen LogP contribution in [0.25, 0.3) is 0 Å². The van der Waals surface area contributed by atoms with E-state index in [1.54, 1.807) is 4.90 Å². The highest BCUT2D eigenvalue weighted by Crippen LogP contribution is 2.17. The smallest absolute Gasteiger partial charge is 0.321 e. The minimum atomic E-state index is 0.00705. The van der Waals surface area contributed by atoms with E-state index in [1.807, 2.05) is 31.3 Å². The van der Waals surface area contributed by atoms with E-state index in [0.717, 1.165) is 31.7 Å². The van der Waals surface area contributed by atoms with E-state index in [-0.39, 0.29) is 6.03 Å². The van der Waals surface area contributed by atoms with Gasteiger partial charge in [-0.2, -0.15) is 0 Å². The molecular formula is C12H17N3O. The number of benzene rings is 1. The Balaban J connectivity index is 2.11. The van der Waals surface area contributed by atoms with Gasteiger partial charge in [-0.05, 0) is 31.2 Å². The van der Waals surface area contributed by atoms with E-state index < -0.39 is 0 Å². The molecule has 86 valence electrons. The van der Waals surface area contributed by atoms with Crippen molar-refractivity contribution in [2.24, 2.45) is 0 Å². The molecule has 1 aromatic carbocycles. The van der Waals surface area contributed by atoms with Crippen LogP contribution >= 0.6 is 0 Å². The van der Waals surface area contributed by atoms with E-state index in [2.05, 4.69) is 10.6 Å². The monoisotopic (exact) mass is 219 g/mol. The number of rotatable bonds is 3. The topological polar surface area (TPSA) is 44.4 Å². The molecule has 16 heavy (non-hydrogen) atoms. The summed E-state index contributed by atoms with van der Waals surface area (Å²) >= 11 is 0. The van der Waals surface area contributed by atoms with E-state index in [4.69, 9.17) is 0 Å². The molecule has 0 bridgehead atoms. The molecule has 0 unspecified atom stereocenters. The van der Waals surface area contributed by atoms with Crippen molar-refractivity contribution in [2.45, 2.75) is 13.0 Å². The van der Waals surface area contributed by atoms with Crippen LogP contribution < -0.4 is 15.5 Å². The molecule has 1 heterocycles. The summed E-state index contributed by atoms with van der Waals surface area (Å²) in [6.45, 7) is 2.44. The first-order valence-corrected chi connectivity index (χ1v) is 5.60. The maximum Gasteiger partial charge on any atom is 0.321 e. The molecule has 1 fully saturated rings. The third kappa shape index (κ3) is 2.33. The van der Waals surface area contributed by atoms with Crippen LogP contribution in [0.4, 0.5) is 10.5 Å². The van der Waals surface area contributed by atoms with Crippen LogP contribution in [0, 0.1) is 0 Å². The molecule has 0 saturated carbocycles. The number of amides is 2. The molecule has 0 radical (unpaired) electrons. The quantitative estimate of drug-likeness (QED) is 0.805. The van der Waals surface area contributed by atoms with E-state index in [0.29, 0.717) is 0 Å². The highest BCUT2D eigenvalue weighted by molar-refractivity contribution is 5.92. The van der Waals surface area contributed by atoms with Crippen LogP contribution in [0.3, 0.4) is 0 Å². The average molecular weight is 219 g/mol. The highest BCUT2D eigenvalue weighted by Gasteiger charge is 2.18. The molecule has 2 rings (SSSR count). The molecule has 0 aliphatic carbocycles. The number of carbonyl (C=O) groups is 1. The molecule has 1 aliphatic rings. The summed E-state index contributed by atoms with van der Waals surface area (Å²) in [5.74, 6) is 0. The number of hydrogen-bond acceptors (Lipinski definition) is 2. The van der Waals surface area contributed by atoms with Gasteiger partial charge in [-0.15, -0.1) is 0 Å². The second kappa shape index (κ2) is 4.99. The summed E-state index contributed by atoms with van der Waals surface area (Å²) in [7, 11) is 1.92. The van der Waals surface area contributed by atoms with Crippen molar-refractivity contribution in [3.05, 3.63) is 29.8 Å². The summed E-state index contributed by atoms with van der Waals surface area (Å²) < 4.78 is 0. The van der Waals surface area contributed by atoms with E-state index in [1.165, 1.54) is 5.56 Å². The first kappa shape index (κ1) is 11.0. The number of nitrogens with zero attached hydrogens (tertiary/aromatic N) is 1. The summed E-state index contributed by atoms with van der Waals surface area (Å²) in [6, 6.07) is 8.10. The van der Waals surface area contributed by atoms with E-state index in [9.17, 15) is 4.79 Å². The van der Waals surface area contributed by atoms with Gasteiger partial charge >= 0.3 is 6.03 Å². The first-order valence-electron chi connectivity index (χ1n) is 5.60. The van der Waals surface area contributed by atoms with Crippen molar-refractivity contribution in [1.29, 1.82) is 0 Å². The fourth-order valence-corrected chi connectivity index (χ4v) is 1.87. The lowest BCUT2D eigenvalue weighted by atomic mass is 10.2. The number of carbonyl (C=O) groups excluding carboxylic acids is 1. The van der Waals surface area contributed by atoms with Crippen molar-refractivity contribution in [1.82, 2.24) is 10.6 Å². The van der Waals surface area contributed by atoms with Gasteiger partial charge in [0.05, 0.1) is 0 Å². The Morgan fingerprint density at radius 3 is 2.75 bits per heavy atom. The molecule has 1 aromatic rings. The zero-order valence-electron chi connectivity index (χ0n) is 9.49. The van der Waals surface area contributed by atoms with Gasteiger partial charge in [0.2, 0.25) is 0 Å². The average Bonchev–Trinajstić information content (AvgIpc) is 2.31. The van der Waals surface area contributed by atoms with Crippen molar-refractivity contribution < 1.29 is 4.79 Å². The molecule has 2 amide bonds. The predicted molar refractivity (Wildman–Crippen MR) is 64.6 cm³/mol. The molecule has 0 aromatic heterocycles. The fraction of sp³-hybridized carbons (Fsp3) is 0.417. The Bertz CT molecular complexity index is 361. The molecule has 4 heteroatoms. The second-order valence-electron chi connectivity index (χ2n) is 3.93. The molecule has 1 aliphatic heterocycles. The Kier molecular flexibility index (Phi) is 3.41. The van der Waals surface area contributed by atoms with Gasteiger partial charge in [0.1, 0.15) is 0 Å². The molecule has 4 nitrogen and oxygen atoms in total. The minimum absolute atomic E-state index is 0.00705. The molecule has 0 spiro atoms. The van der Waals surface area contributed by atoms with Gasteiger partial charge in [0, 0.05) is 25.3 Å². The zero-order valence-corrected chi connectivity index (χ0v) is 9.49. The third-order valence-electron chi connectivity index (χ3n) is 2.71. The normalized spacial score (nSPS) is 16.1. The molecular weight excluding hydrogens is 202 g/mol. The third-order valence-corrected chi connectivity index (χ3v) is 2.71. The van der Waals surface area contributed by atoms with Gasteiger partial charge in [-0.3, -0.25) is 4.90 Å². The van der Waals surface area contributed by atoms with Crippen LogP contribution in [-0.2, 0) is 6.54 Å². The predicted octanol–water partition coefficient (Wildman–Crippen LogP) is 1.33. The Morgan fingerprint density at radius 1 is 1.38 bits per heavy atom. The molecule has 1 saturated heterocycles. The molecule has 0 atom stereocenters. The van der Waals surface area contributed by atoms with Crippen LogP contribution in [0.15, 0.2) is 24.3 Å². The van der Waals surface area contributed by atoms with Crippen LogP contribution in [0.2, 0.25) is 0 Å². The lowest BCUT2D eigenvalue weighted by molar-refractivity contribution is 0.243. The standard InChI is InChI=1S/C12H17N3O/c1-13-9-10-3-5-11(6-4-10)15-8-2-7-14-12(15)16/h3-6,13H,2,7-9H2,1H3,(H,14,16). The van der Waals surface area contributed by atoms with Gasteiger partial charge < -0.3 is 10.6 Å². The van der Waals surface area contributed by atoms with E-state index >= 15 is 0 Å². The number of urea groups is 1. The Labute approximate surface area is 95.6 Å². The Hall–Kier alpha value is -1.55.